The molecule has 2 heterocycles. The van der Waals surface area contributed by atoms with E-state index in [9.17, 15) is 0 Å². The minimum atomic E-state index is 0.510. The average molecular weight is 307 g/mol. The van der Waals surface area contributed by atoms with Gasteiger partial charge in [-0.1, -0.05) is 43.9 Å². The van der Waals surface area contributed by atoms with Gasteiger partial charge in [0.1, 0.15) is 12.1 Å². The maximum Gasteiger partial charge on any atom is 0.168 e. The minimum absolute atomic E-state index is 0.510. The Kier molecular flexibility index (Phi) is 3.92. The van der Waals surface area contributed by atoms with E-state index in [1.54, 1.807) is 6.33 Å². The second-order valence-electron chi connectivity index (χ2n) is 6.18. The van der Waals surface area contributed by atoms with Gasteiger partial charge < -0.3 is 5.32 Å². The van der Waals surface area contributed by atoms with Gasteiger partial charge in [-0.3, -0.25) is 0 Å². The molecular weight excluding hydrogens is 286 g/mol. The molecule has 1 fully saturated rings. The number of nitrogens with one attached hydrogen (secondary N) is 1. The Bertz CT molecular complexity index is 772. The standard InChI is InChI=1S/C18H21N5/c1-2-5-9-14(8-4-1)22-17-16-12-21-23(18(16)20-13-19-17)15-10-6-3-7-11-15/h3,6-7,10-14H,1-2,4-5,8-9H2,(H,19,20,22). The Hall–Kier alpha value is -2.43. The summed E-state index contributed by atoms with van der Waals surface area (Å²) in [5.41, 5.74) is 1.86. The van der Waals surface area contributed by atoms with Crippen LogP contribution in [0.5, 0.6) is 0 Å². The summed E-state index contributed by atoms with van der Waals surface area (Å²) >= 11 is 0. The van der Waals surface area contributed by atoms with Crippen molar-refractivity contribution in [1.29, 1.82) is 0 Å². The van der Waals surface area contributed by atoms with Crippen LogP contribution in [0.25, 0.3) is 16.7 Å². The fourth-order valence-corrected chi connectivity index (χ4v) is 3.33. The first-order valence-electron chi connectivity index (χ1n) is 8.42. The van der Waals surface area contributed by atoms with Crippen LogP contribution in [-0.2, 0) is 0 Å². The third-order valence-corrected chi connectivity index (χ3v) is 4.56. The third kappa shape index (κ3) is 2.91. The molecule has 118 valence electrons. The van der Waals surface area contributed by atoms with Gasteiger partial charge in [-0.2, -0.15) is 5.10 Å². The molecule has 0 aliphatic heterocycles. The van der Waals surface area contributed by atoms with Crippen LogP contribution in [0.3, 0.4) is 0 Å². The zero-order valence-electron chi connectivity index (χ0n) is 13.2. The molecule has 0 radical (unpaired) electrons. The van der Waals surface area contributed by atoms with Crippen LogP contribution in [0, 0.1) is 0 Å². The van der Waals surface area contributed by atoms with Crippen molar-refractivity contribution in [2.24, 2.45) is 0 Å². The van der Waals surface area contributed by atoms with Crippen molar-refractivity contribution in [2.75, 3.05) is 5.32 Å². The maximum atomic E-state index is 4.51. The van der Waals surface area contributed by atoms with Gasteiger partial charge in [0.05, 0.1) is 17.3 Å². The summed E-state index contributed by atoms with van der Waals surface area (Å²) in [6.07, 6.45) is 11.2. The van der Waals surface area contributed by atoms with Crippen LogP contribution in [-0.4, -0.2) is 25.8 Å². The largest absolute Gasteiger partial charge is 0.367 e. The lowest BCUT2D eigenvalue weighted by Gasteiger charge is -2.17. The normalized spacial score (nSPS) is 16.3. The van der Waals surface area contributed by atoms with Gasteiger partial charge in [-0.05, 0) is 25.0 Å². The summed E-state index contributed by atoms with van der Waals surface area (Å²) in [4.78, 5) is 8.90. The third-order valence-electron chi connectivity index (χ3n) is 4.56. The van der Waals surface area contributed by atoms with E-state index in [1.165, 1.54) is 38.5 Å². The van der Waals surface area contributed by atoms with E-state index in [2.05, 4.69) is 20.4 Å². The molecule has 4 rings (SSSR count). The average Bonchev–Trinajstić information content (AvgIpc) is 2.87. The molecule has 0 bridgehead atoms. The maximum absolute atomic E-state index is 4.51. The van der Waals surface area contributed by atoms with E-state index < -0.39 is 0 Å². The predicted octanol–water partition coefficient (Wildman–Crippen LogP) is 3.95. The summed E-state index contributed by atoms with van der Waals surface area (Å²) in [5.74, 6) is 0.907. The highest BCUT2D eigenvalue weighted by atomic mass is 15.3. The van der Waals surface area contributed by atoms with E-state index in [4.69, 9.17) is 0 Å². The second-order valence-corrected chi connectivity index (χ2v) is 6.18. The van der Waals surface area contributed by atoms with Crippen molar-refractivity contribution in [3.05, 3.63) is 42.9 Å². The molecular formula is C18H21N5. The van der Waals surface area contributed by atoms with Gasteiger partial charge in [0.25, 0.3) is 0 Å². The van der Waals surface area contributed by atoms with Gasteiger partial charge in [0.2, 0.25) is 0 Å². The first kappa shape index (κ1) is 14.2. The van der Waals surface area contributed by atoms with Gasteiger partial charge in [-0.25, -0.2) is 14.6 Å². The molecule has 5 heteroatoms. The van der Waals surface area contributed by atoms with Gasteiger partial charge in [0, 0.05) is 6.04 Å². The Labute approximate surface area is 135 Å². The zero-order valence-corrected chi connectivity index (χ0v) is 13.2. The molecule has 5 nitrogen and oxygen atoms in total. The number of aromatic nitrogens is 4. The lowest BCUT2D eigenvalue weighted by atomic mass is 10.1. The molecule has 0 unspecified atom stereocenters. The van der Waals surface area contributed by atoms with Gasteiger partial charge in [-0.15, -0.1) is 0 Å². The molecule has 0 amide bonds. The van der Waals surface area contributed by atoms with Crippen LogP contribution >= 0.6 is 0 Å². The molecule has 1 N–H and O–H groups in total. The molecule has 1 aliphatic carbocycles. The van der Waals surface area contributed by atoms with Crippen LogP contribution in [0.4, 0.5) is 5.82 Å². The van der Waals surface area contributed by atoms with E-state index >= 15 is 0 Å². The first-order valence-corrected chi connectivity index (χ1v) is 8.42. The van der Waals surface area contributed by atoms with E-state index in [-0.39, 0.29) is 0 Å². The summed E-state index contributed by atoms with van der Waals surface area (Å²) < 4.78 is 1.87. The number of anilines is 1. The van der Waals surface area contributed by atoms with Crippen LogP contribution < -0.4 is 5.32 Å². The van der Waals surface area contributed by atoms with Gasteiger partial charge >= 0.3 is 0 Å². The highest BCUT2D eigenvalue weighted by Crippen LogP contribution is 2.25. The number of hydrogen-bond donors (Lipinski definition) is 1. The minimum Gasteiger partial charge on any atom is -0.367 e. The molecule has 3 aromatic rings. The Balaban J connectivity index is 1.67. The molecule has 1 aliphatic rings. The number of hydrogen-bond acceptors (Lipinski definition) is 4. The molecule has 1 saturated carbocycles. The topological polar surface area (TPSA) is 55.6 Å². The quantitative estimate of drug-likeness (QED) is 0.744. The fourth-order valence-electron chi connectivity index (χ4n) is 3.33. The lowest BCUT2D eigenvalue weighted by Crippen LogP contribution is -2.19. The number of benzene rings is 1. The van der Waals surface area contributed by atoms with Crippen molar-refractivity contribution in [3.8, 4) is 5.69 Å². The van der Waals surface area contributed by atoms with Crippen molar-refractivity contribution < 1.29 is 0 Å². The van der Waals surface area contributed by atoms with Crippen LogP contribution in [0.1, 0.15) is 38.5 Å². The Morgan fingerprint density at radius 2 is 1.74 bits per heavy atom. The number of fused-ring (bicyclic) bond motifs is 1. The first-order chi connectivity index (χ1) is 11.4. The lowest BCUT2D eigenvalue weighted by molar-refractivity contribution is 0.618. The SMILES string of the molecule is c1ccc(-n2ncc3c(NC4CCCCCC4)ncnc32)cc1. The van der Waals surface area contributed by atoms with Crippen molar-refractivity contribution in [2.45, 2.75) is 44.6 Å². The summed E-state index contributed by atoms with van der Waals surface area (Å²) in [6.45, 7) is 0. The predicted molar refractivity (Wildman–Crippen MR) is 91.8 cm³/mol. The molecule has 0 atom stereocenters. The monoisotopic (exact) mass is 307 g/mol. The second kappa shape index (κ2) is 6.36. The summed E-state index contributed by atoms with van der Waals surface area (Å²) in [5, 5.41) is 9.12. The molecule has 0 spiro atoms. The molecule has 23 heavy (non-hydrogen) atoms. The molecule has 2 aromatic heterocycles. The summed E-state index contributed by atoms with van der Waals surface area (Å²) in [6, 6.07) is 10.6. The highest BCUT2D eigenvalue weighted by Gasteiger charge is 2.16. The van der Waals surface area contributed by atoms with Crippen LogP contribution in [0.2, 0.25) is 0 Å². The Morgan fingerprint density at radius 3 is 2.52 bits per heavy atom. The number of nitrogens with zero attached hydrogens (tertiary/aromatic N) is 4. The fraction of sp³-hybridized carbons (Fsp3) is 0.389. The number of para-hydroxylation sites is 1. The van der Waals surface area contributed by atoms with E-state index in [0.717, 1.165) is 22.5 Å². The molecule has 1 aromatic carbocycles. The van der Waals surface area contributed by atoms with Crippen molar-refractivity contribution >= 4 is 16.9 Å². The van der Waals surface area contributed by atoms with Gasteiger partial charge in [0.15, 0.2) is 5.65 Å². The van der Waals surface area contributed by atoms with E-state index in [1.807, 2.05) is 41.2 Å². The van der Waals surface area contributed by atoms with E-state index in [0.29, 0.717) is 6.04 Å². The highest BCUT2D eigenvalue weighted by molar-refractivity contribution is 5.87. The zero-order chi connectivity index (χ0) is 15.5. The van der Waals surface area contributed by atoms with Crippen molar-refractivity contribution in [1.82, 2.24) is 19.7 Å². The van der Waals surface area contributed by atoms with Crippen LogP contribution in [0.15, 0.2) is 42.9 Å². The smallest absolute Gasteiger partial charge is 0.168 e. The molecule has 0 saturated heterocycles. The van der Waals surface area contributed by atoms with Crippen molar-refractivity contribution in [3.63, 3.8) is 0 Å². The number of rotatable bonds is 3. The Morgan fingerprint density at radius 1 is 0.957 bits per heavy atom. The summed E-state index contributed by atoms with van der Waals surface area (Å²) in [7, 11) is 0.